The van der Waals surface area contributed by atoms with Gasteiger partial charge in [0.25, 0.3) is 5.56 Å². The molecule has 1 unspecified atom stereocenters. The molecule has 0 bridgehead atoms. The number of amides is 1. The smallest absolute Gasteiger partial charge is 0.330 e. The average Bonchev–Trinajstić information content (AvgIpc) is 2.52. The summed E-state index contributed by atoms with van der Waals surface area (Å²) in [7, 11) is 0. The first-order chi connectivity index (χ1) is 10.6. The SMILES string of the molecule is O=C(CCn1ccccc1=O)NC(C(=O)O)c1ccccc1. The zero-order valence-corrected chi connectivity index (χ0v) is 11.8. The predicted octanol–water partition coefficient (Wildman–Crippen LogP) is 1.18. The minimum absolute atomic E-state index is 0.0283. The summed E-state index contributed by atoms with van der Waals surface area (Å²) in [6.45, 7) is 0.201. The Labute approximate surface area is 127 Å². The van der Waals surface area contributed by atoms with Gasteiger partial charge < -0.3 is 15.0 Å². The van der Waals surface area contributed by atoms with Crippen LogP contribution in [-0.4, -0.2) is 21.6 Å². The molecular weight excluding hydrogens is 284 g/mol. The van der Waals surface area contributed by atoms with Crippen LogP contribution in [0, 0.1) is 0 Å². The van der Waals surface area contributed by atoms with Crippen molar-refractivity contribution in [2.75, 3.05) is 0 Å². The molecule has 0 fully saturated rings. The Morgan fingerprint density at radius 1 is 1.09 bits per heavy atom. The third kappa shape index (κ3) is 4.05. The highest BCUT2D eigenvalue weighted by Gasteiger charge is 2.21. The van der Waals surface area contributed by atoms with Gasteiger partial charge in [-0.05, 0) is 11.6 Å². The molecule has 114 valence electrons. The number of benzene rings is 1. The molecule has 1 amide bonds. The quantitative estimate of drug-likeness (QED) is 0.838. The number of aliphatic carboxylic acids is 1. The van der Waals surface area contributed by atoms with Crippen LogP contribution in [0.3, 0.4) is 0 Å². The molecule has 0 aliphatic rings. The third-order valence-corrected chi connectivity index (χ3v) is 3.16. The van der Waals surface area contributed by atoms with Crippen molar-refractivity contribution in [2.24, 2.45) is 0 Å². The van der Waals surface area contributed by atoms with Crippen molar-refractivity contribution in [3.63, 3.8) is 0 Å². The molecule has 1 atom stereocenters. The summed E-state index contributed by atoms with van der Waals surface area (Å²) in [5, 5.41) is 11.7. The van der Waals surface area contributed by atoms with Gasteiger partial charge in [-0.1, -0.05) is 36.4 Å². The number of pyridine rings is 1. The molecule has 1 heterocycles. The second kappa shape index (κ2) is 7.21. The van der Waals surface area contributed by atoms with E-state index in [1.54, 1.807) is 48.7 Å². The van der Waals surface area contributed by atoms with Gasteiger partial charge in [0.1, 0.15) is 0 Å². The molecule has 2 N–H and O–H groups in total. The van der Waals surface area contributed by atoms with Gasteiger partial charge in [0, 0.05) is 25.2 Å². The fourth-order valence-corrected chi connectivity index (χ4v) is 2.03. The van der Waals surface area contributed by atoms with Crippen molar-refractivity contribution in [2.45, 2.75) is 19.0 Å². The number of nitrogens with one attached hydrogen (secondary N) is 1. The van der Waals surface area contributed by atoms with Crippen LogP contribution in [0.25, 0.3) is 0 Å². The van der Waals surface area contributed by atoms with E-state index in [1.807, 2.05) is 0 Å². The van der Waals surface area contributed by atoms with Gasteiger partial charge in [0.2, 0.25) is 5.91 Å². The highest BCUT2D eigenvalue weighted by atomic mass is 16.4. The maximum absolute atomic E-state index is 11.9. The number of nitrogens with zero attached hydrogens (tertiary/aromatic N) is 1. The molecule has 0 saturated heterocycles. The monoisotopic (exact) mass is 300 g/mol. The molecule has 2 rings (SSSR count). The Morgan fingerprint density at radius 2 is 1.77 bits per heavy atom. The first kappa shape index (κ1) is 15.5. The molecule has 1 aromatic heterocycles. The highest BCUT2D eigenvalue weighted by molar-refractivity contribution is 5.84. The first-order valence-electron chi connectivity index (χ1n) is 6.80. The number of carboxylic acids is 1. The van der Waals surface area contributed by atoms with Crippen molar-refractivity contribution in [3.05, 3.63) is 70.6 Å². The standard InChI is InChI=1S/C16H16N2O4/c19-13(9-11-18-10-5-4-8-14(18)20)17-15(16(21)22)12-6-2-1-3-7-12/h1-8,10,15H,9,11H2,(H,17,19)(H,21,22). The normalized spacial score (nSPS) is 11.6. The van der Waals surface area contributed by atoms with Crippen molar-refractivity contribution < 1.29 is 14.7 Å². The van der Waals surface area contributed by atoms with Gasteiger partial charge in [-0.2, -0.15) is 0 Å². The number of aromatic nitrogens is 1. The summed E-state index contributed by atoms with van der Waals surface area (Å²) in [5.41, 5.74) is 0.299. The van der Waals surface area contributed by atoms with E-state index in [0.29, 0.717) is 5.56 Å². The minimum Gasteiger partial charge on any atom is -0.479 e. The topological polar surface area (TPSA) is 88.4 Å². The minimum atomic E-state index is -1.13. The number of carboxylic acid groups (broad SMARTS) is 1. The summed E-state index contributed by atoms with van der Waals surface area (Å²) >= 11 is 0. The molecule has 1 aromatic carbocycles. The van der Waals surface area contributed by atoms with Crippen LogP contribution in [-0.2, 0) is 16.1 Å². The molecule has 0 spiro atoms. The molecular formula is C16H16N2O4. The molecule has 0 radical (unpaired) electrons. The van der Waals surface area contributed by atoms with Crippen molar-refractivity contribution in [1.82, 2.24) is 9.88 Å². The van der Waals surface area contributed by atoms with E-state index in [1.165, 1.54) is 10.6 Å². The molecule has 22 heavy (non-hydrogen) atoms. The Balaban J connectivity index is 1.99. The number of hydrogen-bond donors (Lipinski definition) is 2. The summed E-state index contributed by atoms with van der Waals surface area (Å²) < 4.78 is 1.40. The van der Waals surface area contributed by atoms with Crippen LogP contribution in [0.2, 0.25) is 0 Å². The fourth-order valence-electron chi connectivity index (χ4n) is 2.03. The number of aryl methyl sites for hydroxylation is 1. The van der Waals surface area contributed by atoms with Gasteiger partial charge in [0.05, 0.1) is 0 Å². The molecule has 0 saturated carbocycles. The maximum atomic E-state index is 11.9. The van der Waals surface area contributed by atoms with Crippen molar-refractivity contribution in [1.29, 1.82) is 0 Å². The van der Waals surface area contributed by atoms with Crippen LogP contribution < -0.4 is 10.9 Å². The predicted molar refractivity (Wildman–Crippen MR) is 80.3 cm³/mol. The zero-order valence-electron chi connectivity index (χ0n) is 11.8. The van der Waals surface area contributed by atoms with Crippen LogP contribution in [0.1, 0.15) is 18.0 Å². The zero-order chi connectivity index (χ0) is 15.9. The van der Waals surface area contributed by atoms with Gasteiger partial charge in [-0.15, -0.1) is 0 Å². The first-order valence-corrected chi connectivity index (χ1v) is 6.80. The summed E-state index contributed by atoms with van der Waals surface area (Å²) in [6.07, 6.45) is 1.61. The van der Waals surface area contributed by atoms with E-state index < -0.39 is 17.9 Å². The Bertz CT molecular complexity index is 709. The van der Waals surface area contributed by atoms with E-state index in [4.69, 9.17) is 0 Å². The molecule has 0 aliphatic heterocycles. The fraction of sp³-hybridized carbons (Fsp3) is 0.188. The lowest BCUT2D eigenvalue weighted by atomic mass is 10.1. The Hall–Kier alpha value is -2.89. The number of carbonyl (C=O) groups is 2. The number of rotatable bonds is 6. The van der Waals surface area contributed by atoms with E-state index >= 15 is 0 Å². The van der Waals surface area contributed by atoms with Crippen LogP contribution in [0.4, 0.5) is 0 Å². The van der Waals surface area contributed by atoms with Crippen LogP contribution in [0.5, 0.6) is 0 Å². The summed E-state index contributed by atoms with van der Waals surface area (Å²) in [6, 6.07) is 12.1. The largest absolute Gasteiger partial charge is 0.479 e. The second-order valence-corrected chi connectivity index (χ2v) is 4.73. The number of carbonyl (C=O) groups excluding carboxylic acids is 1. The lowest BCUT2D eigenvalue weighted by Crippen LogP contribution is -2.34. The molecule has 6 nitrogen and oxygen atoms in total. The van der Waals surface area contributed by atoms with Crippen LogP contribution >= 0.6 is 0 Å². The lowest BCUT2D eigenvalue weighted by molar-refractivity contribution is -0.142. The Kier molecular flexibility index (Phi) is 5.08. The maximum Gasteiger partial charge on any atom is 0.330 e. The highest BCUT2D eigenvalue weighted by Crippen LogP contribution is 2.12. The lowest BCUT2D eigenvalue weighted by Gasteiger charge is -2.15. The Morgan fingerprint density at radius 3 is 2.41 bits per heavy atom. The van der Waals surface area contributed by atoms with Gasteiger partial charge in [-0.25, -0.2) is 4.79 Å². The molecule has 6 heteroatoms. The molecule has 2 aromatic rings. The van der Waals surface area contributed by atoms with Gasteiger partial charge in [-0.3, -0.25) is 9.59 Å². The number of hydrogen-bond acceptors (Lipinski definition) is 3. The van der Waals surface area contributed by atoms with Gasteiger partial charge >= 0.3 is 5.97 Å². The van der Waals surface area contributed by atoms with Gasteiger partial charge in [0.15, 0.2) is 6.04 Å². The van der Waals surface area contributed by atoms with E-state index in [2.05, 4.69) is 5.32 Å². The van der Waals surface area contributed by atoms with Crippen LogP contribution in [0.15, 0.2) is 59.5 Å². The van der Waals surface area contributed by atoms with Crippen molar-refractivity contribution >= 4 is 11.9 Å². The third-order valence-electron chi connectivity index (χ3n) is 3.16. The average molecular weight is 300 g/mol. The summed E-state index contributed by atoms with van der Waals surface area (Å²) in [4.78, 5) is 34.7. The molecule has 0 aliphatic carbocycles. The van der Waals surface area contributed by atoms with E-state index in [0.717, 1.165) is 0 Å². The van der Waals surface area contributed by atoms with E-state index in [9.17, 15) is 19.5 Å². The van der Waals surface area contributed by atoms with Crippen molar-refractivity contribution in [3.8, 4) is 0 Å². The second-order valence-electron chi connectivity index (χ2n) is 4.73. The van der Waals surface area contributed by atoms with E-state index in [-0.39, 0.29) is 18.5 Å². The summed E-state index contributed by atoms with van der Waals surface area (Å²) in [5.74, 6) is -1.55.